The summed E-state index contributed by atoms with van der Waals surface area (Å²) in [4.78, 5) is 13.8. The normalized spacial score (nSPS) is 21.6. The fourth-order valence-electron chi connectivity index (χ4n) is 2.43. The van der Waals surface area contributed by atoms with Crippen LogP contribution in [0.3, 0.4) is 0 Å². The maximum atomic E-state index is 12.0. The highest BCUT2D eigenvalue weighted by atomic mass is 16.5. The first-order valence-corrected chi connectivity index (χ1v) is 7.15. The third-order valence-electron chi connectivity index (χ3n) is 3.72. The van der Waals surface area contributed by atoms with Crippen LogP contribution >= 0.6 is 0 Å². The molecule has 0 aromatic rings. The molecular formula is C14H28N2O2. The predicted octanol–water partition coefficient (Wildman–Crippen LogP) is 1.64. The van der Waals surface area contributed by atoms with Gasteiger partial charge in [-0.3, -0.25) is 4.79 Å². The van der Waals surface area contributed by atoms with Gasteiger partial charge in [0.15, 0.2) is 0 Å². The first-order valence-electron chi connectivity index (χ1n) is 7.15. The summed E-state index contributed by atoms with van der Waals surface area (Å²) in [5.41, 5.74) is 5.51. The SMILES string of the molecule is CC(CCN)CCC(=O)N(C)CC1CCCOC1. The Hall–Kier alpha value is -0.610. The van der Waals surface area contributed by atoms with Crippen molar-refractivity contribution in [2.45, 2.75) is 39.0 Å². The third-order valence-corrected chi connectivity index (χ3v) is 3.72. The van der Waals surface area contributed by atoms with Gasteiger partial charge < -0.3 is 15.4 Å². The van der Waals surface area contributed by atoms with E-state index in [-0.39, 0.29) is 5.91 Å². The first-order chi connectivity index (χ1) is 8.63. The van der Waals surface area contributed by atoms with E-state index in [0.29, 0.717) is 24.8 Å². The van der Waals surface area contributed by atoms with Gasteiger partial charge >= 0.3 is 0 Å². The molecule has 0 aliphatic carbocycles. The molecule has 0 aromatic carbocycles. The van der Waals surface area contributed by atoms with E-state index in [1.807, 2.05) is 11.9 Å². The fraction of sp³-hybridized carbons (Fsp3) is 0.929. The molecule has 1 aliphatic heterocycles. The molecule has 0 bridgehead atoms. The zero-order valence-corrected chi connectivity index (χ0v) is 11.9. The molecule has 2 atom stereocenters. The molecule has 4 heteroatoms. The molecule has 0 aromatic heterocycles. The molecule has 18 heavy (non-hydrogen) atoms. The Bertz CT molecular complexity index is 240. The molecular weight excluding hydrogens is 228 g/mol. The number of rotatable bonds is 7. The Morgan fingerprint density at radius 1 is 1.50 bits per heavy atom. The van der Waals surface area contributed by atoms with Crippen LogP contribution in [0.4, 0.5) is 0 Å². The van der Waals surface area contributed by atoms with Crippen LogP contribution in [-0.2, 0) is 9.53 Å². The molecule has 106 valence electrons. The van der Waals surface area contributed by atoms with Crippen LogP contribution in [0, 0.1) is 11.8 Å². The summed E-state index contributed by atoms with van der Waals surface area (Å²) < 4.78 is 5.44. The fourth-order valence-corrected chi connectivity index (χ4v) is 2.43. The highest BCUT2D eigenvalue weighted by molar-refractivity contribution is 5.75. The molecule has 2 N–H and O–H groups in total. The largest absolute Gasteiger partial charge is 0.381 e. The van der Waals surface area contributed by atoms with Crippen molar-refractivity contribution < 1.29 is 9.53 Å². The van der Waals surface area contributed by atoms with Gasteiger partial charge in [0, 0.05) is 26.6 Å². The summed E-state index contributed by atoms with van der Waals surface area (Å²) >= 11 is 0. The van der Waals surface area contributed by atoms with Gasteiger partial charge in [0.25, 0.3) is 0 Å². The Kier molecular flexibility index (Phi) is 7.28. The standard InChI is InChI=1S/C14H28N2O2/c1-12(7-8-15)5-6-14(17)16(2)10-13-4-3-9-18-11-13/h12-13H,3-11,15H2,1-2H3. The minimum Gasteiger partial charge on any atom is -0.381 e. The number of nitrogens with zero attached hydrogens (tertiary/aromatic N) is 1. The van der Waals surface area contributed by atoms with E-state index in [1.54, 1.807) is 0 Å². The second-order valence-corrected chi connectivity index (χ2v) is 5.58. The summed E-state index contributed by atoms with van der Waals surface area (Å²) in [5.74, 6) is 1.32. The zero-order chi connectivity index (χ0) is 13.4. The lowest BCUT2D eigenvalue weighted by Gasteiger charge is -2.27. The van der Waals surface area contributed by atoms with Crippen LogP contribution in [0.2, 0.25) is 0 Å². The number of amides is 1. The molecule has 4 nitrogen and oxygen atoms in total. The van der Waals surface area contributed by atoms with E-state index < -0.39 is 0 Å². The Morgan fingerprint density at radius 2 is 2.28 bits per heavy atom. The molecule has 1 heterocycles. The maximum absolute atomic E-state index is 12.0. The van der Waals surface area contributed by atoms with Crippen LogP contribution in [0.15, 0.2) is 0 Å². The van der Waals surface area contributed by atoms with Gasteiger partial charge in [-0.1, -0.05) is 6.92 Å². The average Bonchev–Trinajstić information content (AvgIpc) is 2.37. The van der Waals surface area contributed by atoms with E-state index in [4.69, 9.17) is 10.5 Å². The number of carbonyl (C=O) groups excluding carboxylic acids is 1. The molecule has 1 fully saturated rings. The molecule has 1 rings (SSSR count). The number of hydrogen-bond acceptors (Lipinski definition) is 3. The second-order valence-electron chi connectivity index (χ2n) is 5.58. The Morgan fingerprint density at radius 3 is 2.89 bits per heavy atom. The zero-order valence-electron chi connectivity index (χ0n) is 11.9. The van der Waals surface area contributed by atoms with Crippen molar-refractivity contribution >= 4 is 5.91 Å². The predicted molar refractivity (Wildman–Crippen MR) is 73.2 cm³/mol. The summed E-state index contributed by atoms with van der Waals surface area (Å²) in [6.45, 7) is 5.40. The minimum absolute atomic E-state index is 0.254. The van der Waals surface area contributed by atoms with Gasteiger partial charge in [-0.2, -0.15) is 0 Å². The molecule has 0 radical (unpaired) electrons. The van der Waals surface area contributed by atoms with Gasteiger partial charge in [-0.15, -0.1) is 0 Å². The maximum Gasteiger partial charge on any atom is 0.222 e. The molecule has 0 spiro atoms. The van der Waals surface area contributed by atoms with E-state index in [9.17, 15) is 4.79 Å². The molecule has 1 saturated heterocycles. The van der Waals surface area contributed by atoms with Crippen molar-refractivity contribution in [1.29, 1.82) is 0 Å². The van der Waals surface area contributed by atoms with E-state index in [2.05, 4.69) is 6.92 Å². The molecule has 0 saturated carbocycles. The Labute approximate surface area is 111 Å². The van der Waals surface area contributed by atoms with Gasteiger partial charge in [0.1, 0.15) is 0 Å². The average molecular weight is 256 g/mol. The van der Waals surface area contributed by atoms with E-state index >= 15 is 0 Å². The van der Waals surface area contributed by atoms with Crippen molar-refractivity contribution in [3.63, 3.8) is 0 Å². The summed E-state index contributed by atoms with van der Waals surface area (Å²) in [6, 6.07) is 0. The van der Waals surface area contributed by atoms with Crippen molar-refractivity contribution in [2.75, 3.05) is 33.4 Å². The number of hydrogen-bond donors (Lipinski definition) is 1. The van der Waals surface area contributed by atoms with Gasteiger partial charge in [-0.05, 0) is 44.1 Å². The highest BCUT2D eigenvalue weighted by Gasteiger charge is 2.18. The molecule has 1 amide bonds. The second kappa shape index (κ2) is 8.48. The van der Waals surface area contributed by atoms with E-state index in [1.165, 1.54) is 6.42 Å². The molecule has 1 aliphatic rings. The smallest absolute Gasteiger partial charge is 0.222 e. The summed E-state index contributed by atoms with van der Waals surface area (Å²) in [6.07, 6.45) is 4.90. The van der Waals surface area contributed by atoms with Crippen molar-refractivity contribution in [3.05, 3.63) is 0 Å². The van der Waals surface area contributed by atoms with Crippen LogP contribution in [-0.4, -0.2) is 44.2 Å². The van der Waals surface area contributed by atoms with Crippen molar-refractivity contribution in [2.24, 2.45) is 17.6 Å². The highest BCUT2D eigenvalue weighted by Crippen LogP contribution is 2.16. The van der Waals surface area contributed by atoms with Crippen LogP contribution in [0.1, 0.15) is 39.0 Å². The minimum atomic E-state index is 0.254. The van der Waals surface area contributed by atoms with Crippen LogP contribution in [0.5, 0.6) is 0 Å². The van der Waals surface area contributed by atoms with Gasteiger partial charge in [0.2, 0.25) is 5.91 Å². The number of ether oxygens (including phenoxy) is 1. The first kappa shape index (κ1) is 15.4. The van der Waals surface area contributed by atoms with E-state index in [0.717, 1.165) is 39.0 Å². The lowest BCUT2D eigenvalue weighted by atomic mass is 10.00. The topological polar surface area (TPSA) is 55.6 Å². The van der Waals surface area contributed by atoms with Crippen LogP contribution < -0.4 is 5.73 Å². The lowest BCUT2D eigenvalue weighted by Crippen LogP contribution is -2.35. The monoisotopic (exact) mass is 256 g/mol. The molecule has 2 unspecified atom stereocenters. The third kappa shape index (κ3) is 5.83. The number of nitrogens with two attached hydrogens (primary N) is 1. The van der Waals surface area contributed by atoms with Crippen LogP contribution in [0.25, 0.3) is 0 Å². The summed E-state index contributed by atoms with van der Waals surface area (Å²) in [7, 11) is 1.91. The quantitative estimate of drug-likeness (QED) is 0.753. The lowest BCUT2D eigenvalue weighted by molar-refractivity contribution is -0.131. The number of carbonyl (C=O) groups is 1. The van der Waals surface area contributed by atoms with Gasteiger partial charge in [0.05, 0.1) is 6.61 Å². The van der Waals surface area contributed by atoms with Gasteiger partial charge in [-0.25, -0.2) is 0 Å². The summed E-state index contributed by atoms with van der Waals surface area (Å²) in [5, 5.41) is 0. The van der Waals surface area contributed by atoms with Crippen molar-refractivity contribution in [1.82, 2.24) is 4.90 Å². The van der Waals surface area contributed by atoms with Crippen molar-refractivity contribution in [3.8, 4) is 0 Å². The Balaban J connectivity index is 2.19.